The van der Waals surface area contributed by atoms with E-state index in [1.54, 1.807) is 17.2 Å². The number of piperazine rings is 1. The lowest BCUT2D eigenvalue weighted by Gasteiger charge is -2.40. The largest absolute Gasteiger partial charge is 0.396 e. The molecule has 8 nitrogen and oxygen atoms in total. The van der Waals surface area contributed by atoms with Gasteiger partial charge in [0, 0.05) is 49.1 Å². The second kappa shape index (κ2) is 9.43. The van der Waals surface area contributed by atoms with Crippen LogP contribution in [-0.2, 0) is 4.79 Å². The SMILES string of the molecule is C=Cc1cnc2c(-c3cc(C#N)c(N4CCN(C(=O)CCO)C(C)C4)nc3C3CC3)cccc2n1. The number of aromatic nitrogens is 3. The molecule has 1 saturated heterocycles. The number of carbonyl (C=O) groups is 1. The Morgan fingerprint density at radius 1 is 1.29 bits per heavy atom. The lowest BCUT2D eigenvalue weighted by atomic mass is 9.97. The summed E-state index contributed by atoms with van der Waals surface area (Å²) in [5.74, 6) is 0.996. The Morgan fingerprint density at radius 2 is 2.11 bits per heavy atom. The highest BCUT2D eigenvalue weighted by molar-refractivity contribution is 5.93. The van der Waals surface area contributed by atoms with Gasteiger partial charge in [0.25, 0.3) is 0 Å². The third-order valence-electron chi connectivity index (χ3n) is 6.78. The van der Waals surface area contributed by atoms with Gasteiger partial charge in [0.1, 0.15) is 11.9 Å². The number of nitrogens with zero attached hydrogens (tertiary/aromatic N) is 6. The van der Waals surface area contributed by atoms with Crippen LogP contribution in [0, 0.1) is 11.3 Å². The van der Waals surface area contributed by atoms with E-state index in [4.69, 9.17) is 10.1 Å². The molecule has 1 aliphatic carbocycles. The Bertz CT molecular complexity index is 1340. The third kappa shape index (κ3) is 4.35. The number of nitriles is 1. The van der Waals surface area contributed by atoms with Crippen molar-refractivity contribution in [1.82, 2.24) is 19.9 Å². The van der Waals surface area contributed by atoms with E-state index >= 15 is 0 Å². The first-order chi connectivity index (χ1) is 17.0. The number of para-hydroxylation sites is 1. The maximum Gasteiger partial charge on any atom is 0.225 e. The van der Waals surface area contributed by atoms with E-state index in [9.17, 15) is 10.1 Å². The Morgan fingerprint density at radius 3 is 2.80 bits per heavy atom. The highest BCUT2D eigenvalue weighted by Crippen LogP contribution is 2.45. The van der Waals surface area contributed by atoms with Crippen molar-refractivity contribution in [2.75, 3.05) is 31.1 Å². The summed E-state index contributed by atoms with van der Waals surface area (Å²) in [6.45, 7) is 7.36. The number of fused-ring (bicyclic) bond motifs is 1. The van der Waals surface area contributed by atoms with Gasteiger partial charge in [0.15, 0.2) is 0 Å². The van der Waals surface area contributed by atoms with E-state index in [2.05, 4.69) is 27.5 Å². The van der Waals surface area contributed by atoms with Crippen LogP contribution in [0.15, 0.2) is 37.0 Å². The van der Waals surface area contributed by atoms with Crippen molar-refractivity contribution in [1.29, 1.82) is 5.26 Å². The molecule has 1 amide bonds. The van der Waals surface area contributed by atoms with E-state index < -0.39 is 0 Å². The first-order valence-corrected chi connectivity index (χ1v) is 12.0. The quantitative estimate of drug-likeness (QED) is 0.590. The van der Waals surface area contributed by atoms with Crippen LogP contribution in [-0.4, -0.2) is 63.1 Å². The number of hydrogen-bond donors (Lipinski definition) is 1. The average Bonchev–Trinajstić information content (AvgIpc) is 3.72. The number of anilines is 1. The standard InChI is InChI=1S/C27H28N6O2/c1-3-20-15-29-26-21(5-4-6-23(26)30-20)22-13-19(14-28)27(31-25(22)18-7-8-18)32-10-11-33(17(2)16-32)24(35)9-12-34/h3-6,13,15,17-18,34H,1,7-12,16H2,2H3. The van der Waals surface area contributed by atoms with Gasteiger partial charge in [-0.3, -0.25) is 9.78 Å². The van der Waals surface area contributed by atoms with E-state index in [0.29, 0.717) is 42.6 Å². The van der Waals surface area contributed by atoms with Crippen LogP contribution < -0.4 is 4.90 Å². The molecule has 1 unspecified atom stereocenters. The molecule has 3 heterocycles. The molecule has 178 valence electrons. The zero-order valence-electron chi connectivity index (χ0n) is 19.8. The van der Waals surface area contributed by atoms with Crippen LogP contribution in [0.4, 0.5) is 5.82 Å². The molecular formula is C27H28N6O2. The van der Waals surface area contributed by atoms with Crippen LogP contribution in [0.3, 0.4) is 0 Å². The molecule has 2 fully saturated rings. The van der Waals surface area contributed by atoms with Crippen molar-refractivity contribution in [3.8, 4) is 17.2 Å². The Kier molecular flexibility index (Phi) is 6.18. The van der Waals surface area contributed by atoms with E-state index in [-0.39, 0.29) is 25.0 Å². The van der Waals surface area contributed by atoms with Crippen LogP contribution >= 0.6 is 0 Å². The molecule has 8 heteroatoms. The summed E-state index contributed by atoms with van der Waals surface area (Å²) >= 11 is 0. The predicted octanol–water partition coefficient (Wildman–Crippen LogP) is 3.50. The van der Waals surface area contributed by atoms with Crippen molar-refractivity contribution in [2.45, 2.75) is 38.1 Å². The van der Waals surface area contributed by atoms with Crippen LogP contribution in [0.25, 0.3) is 28.2 Å². The van der Waals surface area contributed by atoms with Crippen molar-refractivity contribution in [2.24, 2.45) is 0 Å². The molecule has 0 spiro atoms. The second-order valence-corrected chi connectivity index (χ2v) is 9.21. The molecule has 5 rings (SSSR count). The summed E-state index contributed by atoms with van der Waals surface area (Å²) in [4.78, 5) is 30.6. The molecule has 35 heavy (non-hydrogen) atoms. The number of rotatable bonds is 6. The number of hydrogen-bond acceptors (Lipinski definition) is 7. The summed E-state index contributed by atoms with van der Waals surface area (Å²) in [5, 5.41) is 19.2. The molecule has 1 N–H and O–H groups in total. The lowest BCUT2D eigenvalue weighted by molar-refractivity contribution is -0.134. The topological polar surface area (TPSA) is 106 Å². The van der Waals surface area contributed by atoms with Gasteiger partial charge in [-0.2, -0.15) is 5.26 Å². The molecule has 0 radical (unpaired) electrons. The summed E-state index contributed by atoms with van der Waals surface area (Å²) < 4.78 is 0. The summed E-state index contributed by atoms with van der Waals surface area (Å²) in [7, 11) is 0. The second-order valence-electron chi connectivity index (χ2n) is 9.21. The maximum absolute atomic E-state index is 12.3. The first-order valence-electron chi connectivity index (χ1n) is 12.0. The molecular weight excluding hydrogens is 440 g/mol. The Hall–Kier alpha value is -3.83. The van der Waals surface area contributed by atoms with Gasteiger partial charge in [-0.05, 0) is 38.0 Å². The normalized spacial score (nSPS) is 17.9. The van der Waals surface area contributed by atoms with E-state index in [1.165, 1.54) is 0 Å². The molecule has 1 aliphatic heterocycles. The first kappa shape index (κ1) is 22.9. The fraction of sp³-hybridized carbons (Fsp3) is 0.370. The molecule has 2 aromatic heterocycles. The van der Waals surface area contributed by atoms with Crippen molar-refractivity contribution in [3.05, 3.63) is 54.0 Å². The predicted molar refractivity (Wildman–Crippen MR) is 135 cm³/mol. The number of pyridine rings is 1. The van der Waals surface area contributed by atoms with Crippen molar-refractivity contribution < 1.29 is 9.90 Å². The highest BCUT2D eigenvalue weighted by atomic mass is 16.3. The Labute approximate surface area is 204 Å². The third-order valence-corrected chi connectivity index (χ3v) is 6.78. The Balaban J connectivity index is 1.55. The maximum atomic E-state index is 12.3. The smallest absolute Gasteiger partial charge is 0.225 e. The van der Waals surface area contributed by atoms with Crippen LogP contribution in [0.5, 0.6) is 0 Å². The molecule has 1 aromatic carbocycles. The summed E-state index contributed by atoms with van der Waals surface area (Å²) in [6, 6.07) is 10.2. The van der Waals surface area contributed by atoms with Gasteiger partial charge < -0.3 is 14.9 Å². The average molecular weight is 469 g/mol. The fourth-order valence-electron chi connectivity index (χ4n) is 4.86. The summed E-state index contributed by atoms with van der Waals surface area (Å²) in [5.41, 5.74) is 5.64. The fourth-order valence-corrected chi connectivity index (χ4v) is 4.86. The number of carbonyl (C=O) groups excluding carboxylic acids is 1. The molecule has 1 atom stereocenters. The lowest BCUT2D eigenvalue weighted by Crippen LogP contribution is -2.54. The van der Waals surface area contributed by atoms with Gasteiger partial charge in [-0.1, -0.05) is 18.7 Å². The molecule has 1 saturated carbocycles. The van der Waals surface area contributed by atoms with E-state index in [1.807, 2.05) is 31.2 Å². The minimum Gasteiger partial charge on any atom is -0.396 e. The molecule has 3 aromatic rings. The minimum atomic E-state index is -0.147. The van der Waals surface area contributed by atoms with Crippen molar-refractivity contribution >= 4 is 28.8 Å². The van der Waals surface area contributed by atoms with Gasteiger partial charge in [-0.15, -0.1) is 0 Å². The number of benzene rings is 1. The minimum absolute atomic E-state index is 0.0346. The number of amides is 1. The molecule has 2 aliphatic rings. The molecule has 0 bridgehead atoms. The van der Waals surface area contributed by atoms with Gasteiger partial charge in [-0.25, -0.2) is 9.97 Å². The van der Waals surface area contributed by atoms with Crippen LogP contribution in [0.1, 0.15) is 49.1 Å². The number of aliphatic hydroxyl groups is 1. The van der Waals surface area contributed by atoms with E-state index in [0.717, 1.165) is 40.7 Å². The van der Waals surface area contributed by atoms with Gasteiger partial charge >= 0.3 is 0 Å². The highest BCUT2D eigenvalue weighted by Gasteiger charge is 2.33. The zero-order chi connectivity index (χ0) is 24.5. The van der Waals surface area contributed by atoms with Gasteiger partial charge in [0.05, 0.1) is 40.8 Å². The summed E-state index contributed by atoms with van der Waals surface area (Å²) in [6.07, 6.45) is 5.66. The zero-order valence-corrected chi connectivity index (χ0v) is 19.8. The monoisotopic (exact) mass is 468 g/mol. The van der Waals surface area contributed by atoms with Gasteiger partial charge in [0.2, 0.25) is 5.91 Å². The number of aliphatic hydroxyl groups excluding tert-OH is 1. The van der Waals surface area contributed by atoms with Crippen molar-refractivity contribution in [3.63, 3.8) is 0 Å². The van der Waals surface area contributed by atoms with Crippen LogP contribution in [0.2, 0.25) is 0 Å².